The fourth-order valence-corrected chi connectivity index (χ4v) is 2.36. The van der Waals surface area contributed by atoms with E-state index >= 15 is 0 Å². The molecule has 2 rings (SSSR count). The van der Waals surface area contributed by atoms with E-state index in [1.54, 1.807) is 24.5 Å². The number of nitrogens with one attached hydrogen (secondary N) is 1. The zero-order valence-corrected chi connectivity index (χ0v) is 11.7. The molecule has 5 nitrogen and oxygen atoms in total. The minimum Gasteiger partial charge on any atom is -0.465 e. The standard InChI is InChI=1S/C15H21N3O2/c1-11-4-6-12(7-5-11)17-14(18-15(16)19)9-8-13-3-2-10-20-13/h2-3,8-12H,4-7H2,1H3,(H3,16,17,18,19). The van der Waals surface area contributed by atoms with E-state index in [0.29, 0.717) is 11.6 Å². The van der Waals surface area contributed by atoms with Gasteiger partial charge in [0.25, 0.3) is 0 Å². The zero-order chi connectivity index (χ0) is 14.4. The Labute approximate surface area is 118 Å². The van der Waals surface area contributed by atoms with E-state index in [2.05, 4.69) is 17.2 Å². The highest BCUT2D eigenvalue weighted by Gasteiger charge is 2.17. The van der Waals surface area contributed by atoms with E-state index in [9.17, 15) is 4.79 Å². The van der Waals surface area contributed by atoms with E-state index in [4.69, 9.17) is 10.2 Å². The number of hydrogen-bond donors (Lipinski definition) is 2. The summed E-state index contributed by atoms with van der Waals surface area (Å²) in [6.07, 6.45) is 9.56. The lowest BCUT2D eigenvalue weighted by Crippen LogP contribution is -2.35. The van der Waals surface area contributed by atoms with Crippen LogP contribution in [0.4, 0.5) is 4.79 Å². The fourth-order valence-electron chi connectivity index (χ4n) is 2.36. The van der Waals surface area contributed by atoms with Crippen molar-refractivity contribution in [2.24, 2.45) is 16.6 Å². The number of hydrogen-bond acceptors (Lipinski definition) is 3. The molecule has 0 spiro atoms. The van der Waals surface area contributed by atoms with Crippen molar-refractivity contribution in [1.29, 1.82) is 0 Å². The van der Waals surface area contributed by atoms with Crippen LogP contribution in [0.25, 0.3) is 6.08 Å². The zero-order valence-electron chi connectivity index (χ0n) is 11.7. The summed E-state index contributed by atoms with van der Waals surface area (Å²) >= 11 is 0. The first-order valence-corrected chi connectivity index (χ1v) is 6.99. The Morgan fingerprint density at radius 1 is 1.45 bits per heavy atom. The predicted molar refractivity (Wildman–Crippen MR) is 79.3 cm³/mol. The summed E-state index contributed by atoms with van der Waals surface area (Å²) in [5, 5.41) is 2.56. The van der Waals surface area contributed by atoms with Crippen molar-refractivity contribution in [3.63, 3.8) is 0 Å². The number of amides is 2. The maximum absolute atomic E-state index is 11.0. The molecule has 0 radical (unpaired) electrons. The second-order valence-corrected chi connectivity index (χ2v) is 5.27. The highest BCUT2D eigenvalue weighted by atomic mass is 16.3. The third-order valence-electron chi connectivity index (χ3n) is 3.51. The topological polar surface area (TPSA) is 80.6 Å². The normalized spacial score (nSPS) is 23.9. The van der Waals surface area contributed by atoms with E-state index in [1.807, 2.05) is 6.07 Å². The summed E-state index contributed by atoms with van der Waals surface area (Å²) in [4.78, 5) is 15.6. The fraction of sp³-hybridized carbons (Fsp3) is 0.467. The maximum atomic E-state index is 11.0. The first kappa shape index (κ1) is 14.4. The van der Waals surface area contributed by atoms with Gasteiger partial charge in [0.1, 0.15) is 11.6 Å². The molecule has 1 heterocycles. The summed E-state index contributed by atoms with van der Waals surface area (Å²) in [6.45, 7) is 2.26. The van der Waals surface area contributed by atoms with Crippen LogP contribution in [-0.2, 0) is 0 Å². The number of carbonyl (C=O) groups excluding carboxylic acids is 1. The van der Waals surface area contributed by atoms with Gasteiger partial charge in [-0.05, 0) is 55.9 Å². The molecule has 1 saturated carbocycles. The molecular formula is C15H21N3O2. The van der Waals surface area contributed by atoms with Gasteiger partial charge in [0.2, 0.25) is 0 Å². The van der Waals surface area contributed by atoms with E-state index in [1.165, 1.54) is 12.8 Å². The second-order valence-electron chi connectivity index (χ2n) is 5.27. The number of amidine groups is 1. The number of nitrogens with zero attached hydrogens (tertiary/aromatic N) is 1. The quantitative estimate of drug-likeness (QED) is 0.657. The van der Waals surface area contributed by atoms with Gasteiger partial charge in [-0.2, -0.15) is 0 Å². The largest absolute Gasteiger partial charge is 0.465 e. The van der Waals surface area contributed by atoms with Crippen LogP contribution in [0, 0.1) is 5.92 Å². The first-order valence-electron chi connectivity index (χ1n) is 6.99. The van der Waals surface area contributed by atoms with Gasteiger partial charge in [-0.25, -0.2) is 4.79 Å². The van der Waals surface area contributed by atoms with Gasteiger partial charge in [-0.1, -0.05) is 6.92 Å². The molecule has 3 N–H and O–H groups in total. The molecule has 1 aromatic heterocycles. The lowest BCUT2D eigenvalue weighted by molar-refractivity contribution is 0.253. The Hall–Kier alpha value is -2.04. The number of aliphatic imine (C=N–C) groups is 1. The maximum Gasteiger partial charge on any atom is 0.317 e. The summed E-state index contributed by atoms with van der Waals surface area (Å²) in [5.41, 5.74) is 5.18. The number of primary amides is 1. The smallest absolute Gasteiger partial charge is 0.317 e. The Morgan fingerprint density at radius 2 is 2.20 bits per heavy atom. The van der Waals surface area contributed by atoms with Crippen molar-refractivity contribution in [2.45, 2.75) is 38.6 Å². The highest BCUT2D eigenvalue weighted by Crippen LogP contribution is 2.25. The van der Waals surface area contributed by atoms with Crippen LogP contribution < -0.4 is 11.1 Å². The molecule has 0 aliphatic heterocycles. The van der Waals surface area contributed by atoms with Crippen LogP contribution in [-0.4, -0.2) is 17.9 Å². The average Bonchev–Trinajstić information content (AvgIpc) is 2.91. The van der Waals surface area contributed by atoms with Crippen LogP contribution in [0.15, 0.2) is 33.9 Å². The van der Waals surface area contributed by atoms with Crippen LogP contribution in [0.2, 0.25) is 0 Å². The van der Waals surface area contributed by atoms with Crippen molar-refractivity contribution < 1.29 is 9.21 Å². The molecule has 1 aliphatic rings. The highest BCUT2D eigenvalue weighted by molar-refractivity contribution is 6.05. The third-order valence-corrected chi connectivity index (χ3v) is 3.51. The minimum atomic E-state index is -0.600. The second kappa shape index (κ2) is 6.93. The molecule has 1 aliphatic carbocycles. The third kappa shape index (κ3) is 4.57. The summed E-state index contributed by atoms with van der Waals surface area (Å²) in [6, 6.07) is 3.30. The number of furan rings is 1. The molecule has 0 saturated heterocycles. The molecule has 0 atom stereocenters. The van der Waals surface area contributed by atoms with Crippen molar-refractivity contribution in [2.75, 3.05) is 0 Å². The van der Waals surface area contributed by atoms with Gasteiger partial charge in [-0.15, -0.1) is 0 Å². The molecule has 108 valence electrons. The number of carbonyl (C=O) groups is 1. The van der Waals surface area contributed by atoms with Gasteiger partial charge < -0.3 is 10.2 Å². The first-order chi connectivity index (χ1) is 9.63. The van der Waals surface area contributed by atoms with Gasteiger partial charge >= 0.3 is 6.03 Å². The van der Waals surface area contributed by atoms with Crippen LogP contribution >= 0.6 is 0 Å². The molecule has 0 bridgehead atoms. The van der Waals surface area contributed by atoms with E-state index in [0.717, 1.165) is 18.8 Å². The molecule has 5 heteroatoms. The summed E-state index contributed by atoms with van der Waals surface area (Å²) < 4.78 is 5.21. The molecular weight excluding hydrogens is 254 g/mol. The lowest BCUT2D eigenvalue weighted by atomic mass is 9.88. The van der Waals surface area contributed by atoms with Crippen molar-refractivity contribution in [3.8, 4) is 0 Å². The van der Waals surface area contributed by atoms with Gasteiger partial charge in [0.05, 0.1) is 12.3 Å². The van der Waals surface area contributed by atoms with Gasteiger partial charge in [0.15, 0.2) is 0 Å². The van der Waals surface area contributed by atoms with Crippen molar-refractivity contribution >= 4 is 17.9 Å². The van der Waals surface area contributed by atoms with Crippen LogP contribution in [0.1, 0.15) is 38.4 Å². The summed E-state index contributed by atoms with van der Waals surface area (Å²) in [5.74, 6) is 1.97. The number of nitrogens with two attached hydrogens (primary N) is 1. The van der Waals surface area contributed by atoms with Crippen LogP contribution in [0.3, 0.4) is 0 Å². The minimum absolute atomic E-state index is 0.259. The van der Waals surface area contributed by atoms with Gasteiger partial charge in [-0.3, -0.25) is 10.3 Å². The molecule has 0 aromatic carbocycles. The Bertz CT molecular complexity index is 483. The number of urea groups is 1. The number of rotatable bonds is 3. The van der Waals surface area contributed by atoms with E-state index < -0.39 is 6.03 Å². The molecule has 1 aromatic rings. The average molecular weight is 275 g/mol. The molecule has 0 unspecified atom stereocenters. The predicted octanol–water partition coefficient (Wildman–Crippen LogP) is 2.94. The Balaban J connectivity index is 2.04. The summed E-state index contributed by atoms with van der Waals surface area (Å²) in [7, 11) is 0. The monoisotopic (exact) mass is 275 g/mol. The van der Waals surface area contributed by atoms with Crippen molar-refractivity contribution in [3.05, 3.63) is 30.2 Å². The molecule has 20 heavy (non-hydrogen) atoms. The SMILES string of the molecule is CC1CCC(N=C(C=Cc2ccco2)NC(N)=O)CC1. The molecule has 2 amide bonds. The van der Waals surface area contributed by atoms with Gasteiger partial charge in [0, 0.05) is 0 Å². The van der Waals surface area contributed by atoms with E-state index in [-0.39, 0.29) is 6.04 Å². The lowest BCUT2D eigenvalue weighted by Gasteiger charge is -2.23. The molecule has 1 fully saturated rings. The van der Waals surface area contributed by atoms with Crippen molar-refractivity contribution in [1.82, 2.24) is 5.32 Å². The Kier molecular flexibility index (Phi) is 4.98. The Morgan fingerprint density at radius 3 is 2.80 bits per heavy atom. The van der Waals surface area contributed by atoms with Crippen LogP contribution in [0.5, 0.6) is 0 Å².